The Kier molecular flexibility index (Phi) is 5.98. The zero-order chi connectivity index (χ0) is 16.9. The van der Waals surface area contributed by atoms with E-state index in [1.54, 1.807) is 0 Å². The smallest absolute Gasteiger partial charge is 0.233 e. The molecule has 5 nitrogen and oxygen atoms in total. The summed E-state index contributed by atoms with van der Waals surface area (Å²) >= 11 is 1.52. The third-order valence-electron chi connectivity index (χ3n) is 4.79. The molecule has 0 saturated heterocycles. The summed E-state index contributed by atoms with van der Waals surface area (Å²) in [5, 5.41) is 12.4. The van der Waals surface area contributed by atoms with Crippen LogP contribution in [0, 0.1) is 0 Å². The summed E-state index contributed by atoms with van der Waals surface area (Å²) in [6, 6.07) is 0. The van der Waals surface area contributed by atoms with Gasteiger partial charge in [-0.15, -0.1) is 10.2 Å². The number of hydrogen-bond donors (Lipinski definition) is 1. The summed E-state index contributed by atoms with van der Waals surface area (Å²) in [6.45, 7) is 5.67. The zero-order valence-corrected chi connectivity index (χ0v) is 15.6. The Bertz CT molecular complexity index is 606. The van der Waals surface area contributed by atoms with Crippen LogP contribution in [-0.2, 0) is 11.3 Å². The first-order valence-corrected chi connectivity index (χ1v) is 10.1. The van der Waals surface area contributed by atoms with Crippen LogP contribution in [0.5, 0.6) is 0 Å². The summed E-state index contributed by atoms with van der Waals surface area (Å²) in [4.78, 5) is 12.3. The molecule has 1 aromatic rings. The molecule has 6 heteroatoms. The summed E-state index contributed by atoms with van der Waals surface area (Å²) in [5.41, 5.74) is 1.50. The quantitative estimate of drug-likeness (QED) is 0.575. The molecule has 2 aliphatic rings. The number of carbonyl (C=O) groups is 1. The third kappa shape index (κ3) is 4.41. The van der Waals surface area contributed by atoms with Gasteiger partial charge >= 0.3 is 0 Å². The summed E-state index contributed by atoms with van der Waals surface area (Å²) in [6.07, 6.45) is 10.8. The second-order valence-corrected chi connectivity index (χ2v) is 8.08. The lowest BCUT2D eigenvalue weighted by atomic mass is 9.97. The SMILES string of the molecule is CCn1c(SC(C)C(=O)NCCC2=CCCCC2)nnc1C1CC1. The van der Waals surface area contributed by atoms with E-state index in [4.69, 9.17) is 0 Å². The second-order valence-electron chi connectivity index (χ2n) is 6.77. The van der Waals surface area contributed by atoms with Crippen molar-refractivity contribution < 1.29 is 4.79 Å². The summed E-state index contributed by atoms with van der Waals surface area (Å²) in [7, 11) is 0. The highest BCUT2D eigenvalue weighted by atomic mass is 32.2. The molecule has 2 aliphatic carbocycles. The van der Waals surface area contributed by atoms with Crippen LogP contribution in [0.2, 0.25) is 0 Å². The van der Waals surface area contributed by atoms with Crippen molar-refractivity contribution in [3.63, 3.8) is 0 Å². The minimum Gasteiger partial charge on any atom is -0.355 e. The van der Waals surface area contributed by atoms with Crippen molar-refractivity contribution in [2.45, 2.75) is 81.7 Å². The van der Waals surface area contributed by atoms with Crippen LogP contribution in [-0.4, -0.2) is 32.5 Å². The van der Waals surface area contributed by atoms with E-state index in [1.165, 1.54) is 55.9 Å². The molecule has 0 spiro atoms. The Morgan fingerprint density at radius 2 is 2.25 bits per heavy atom. The van der Waals surface area contributed by atoms with E-state index in [1.807, 2.05) is 6.92 Å². The molecule has 132 valence electrons. The fourth-order valence-corrected chi connectivity index (χ4v) is 4.11. The molecule has 1 saturated carbocycles. The van der Waals surface area contributed by atoms with Crippen LogP contribution in [0.15, 0.2) is 16.8 Å². The van der Waals surface area contributed by atoms with Crippen molar-refractivity contribution in [3.8, 4) is 0 Å². The van der Waals surface area contributed by atoms with Crippen molar-refractivity contribution in [1.29, 1.82) is 0 Å². The van der Waals surface area contributed by atoms with Gasteiger partial charge < -0.3 is 9.88 Å². The van der Waals surface area contributed by atoms with E-state index < -0.39 is 0 Å². The maximum absolute atomic E-state index is 12.3. The highest BCUT2D eigenvalue weighted by Gasteiger charge is 2.30. The molecule has 0 aromatic carbocycles. The largest absolute Gasteiger partial charge is 0.355 e. The lowest BCUT2D eigenvalue weighted by Gasteiger charge is -2.15. The zero-order valence-electron chi connectivity index (χ0n) is 14.8. The Balaban J connectivity index is 1.48. The van der Waals surface area contributed by atoms with Gasteiger partial charge in [-0.1, -0.05) is 23.4 Å². The van der Waals surface area contributed by atoms with Gasteiger partial charge in [0.2, 0.25) is 5.91 Å². The van der Waals surface area contributed by atoms with E-state index in [9.17, 15) is 4.79 Å². The number of amides is 1. The number of carbonyl (C=O) groups excluding carboxylic acids is 1. The standard InChI is InChI=1S/C18H28N4OS/c1-3-22-16(15-9-10-15)20-21-18(22)24-13(2)17(23)19-12-11-14-7-5-4-6-8-14/h7,13,15H,3-6,8-12H2,1-2H3,(H,19,23). The maximum atomic E-state index is 12.3. The molecule has 1 unspecified atom stereocenters. The van der Waals surface area contributed by atoms with Gasteiger partial charge in [0.1, 0.15) is 5.82 Å². The van der Waals surface area contributed by atoms with Gasteiger partial charge in [0.15, 0.2) is 5.16 Å². The minimum absolute atomic E-state index is 0.0926. The number of thioether (sulfide) groups is 1. The molecule has 1 atom stereocenters. The maximum Gasteiger partial charge on any atom is 0.233 e. The number of allylic oxidation sites excluding steroid dienone is 1. The first-order chi connectivity index (χ1) is 11.7. The van der Waals surface area contributed by atoms with Gasteiger partial charge in [-0.05, 0) is 58.8 Å². The van der Waals surface area contributed by atoms with E-state index in [0.717, 1.165) is 30.5 Å². The van der Waals surface area contributed by atoms with Crippen LogP contribution in [0.1, 0.15) is 70.5 Å². The van der Waals surface area contributed by atoms with Gasteiger partial charge in [-0.2, -0.15) is 0 Å². The highest BCUT2D eigenvalue weighted by molar-refractivity contribution is 8.00. The molecule has 1 aromatic heterocycles. The lowest BCUT2D eigenvalue weighted by Crippen LogP contribution is -2.32. The highest BCUT2D eigenvalue weighted by Crippen LogP contribution is 2.40. The molecule has 0 bridgehead atoms. The number of rotatable bonds is 8. The van der Waals surface area contributed by atoms with Crippen molar-refractivity contribution in [2.24, 2.45) is 0 Å². The van der Waals surface area contributed by atoms with Gasteiger partial charge in [0, 0.05) is 19.0 Å². The Morgan fingerprint density at radius 1 is 1.42 bits per heavy atom. The van der Waals surface area contributed by atoms with E-state index >= 15 is 0 Å². The number of aromatic nitrogens is 3. The molecule has 1 amide bonds. The van der Waals surface area contributed by atoms with Gasteiger partial charge in [-0.3, -0.25) is 4.79 Å². The molecule has 1 fully saturated rings. The van der Waals surface area contributed by atoms with Crippen LogP contribution in [0.3, 0.4) is 0 Å². The van der Waals surface area contributed by atoms with E-state index in [2.05, 4.69) is 33.1 Å². The normalized spacial score (nSPS) is 19.0. The number of nitrogens with zero attached hydrogens (tertiary/aromatic N) is 3. The van der Waals surface area contributed by atoms with Gasteiger partial charge in [0.25, 0.3) is 0 Å². The monoisotopic (exact) mass is 348 g/mol. The molecule has 1 heterocycles. The molecule has 0 aliphatic heterocycles. The van der Waals surface area contributed by atoms with Crippen molar-refractivity contribution in [3.05, 3.63) is 17.5 Å². The third-order valence-corrected chi connectivity index (χ3v) is 5.87. The fraction of sp³-hybridized carbons (Fsp3) is 0.722. The molecule has 3 rings (SSSR count). The summed E-state index contributed by atoms with van der Waals surface area (Å²) < 4.78 is 2.17. The minimum atomic E-state index is -0.146. The average Bonchev–Trinajstić information content (AvgIpc) is 3.37. The van der Waals surface area contributed by atoms with Gasteiger partial charge in [-0.25, -0.2) is 0 Å². The van der Waals surface area contributed by atoms with Crippen LogP contribution >= 0.6 is 11.8 Å². The van der Waals surface area contributed by atoms with Crippen LogP contribution in [0.25, 0.3) is 0 Å². The molecule has 1 N–H and O–H groups in total. The Morgan fingerprint density at radius 3 is 2.92 bits per heavy atom. The van der Waals surface area contributed by atoms with E-state index in [-0.39, 0.29) is 11.2 Å². The lowest BCUT2D eigenvalue weighted by molar-refractivity contribution is -0.120. The van der Waals surface area contributed by atoms with Crippen LogP contribution in [0.4, 0.5) is 0 Å². The first-order valence-electron chi connectivity index (χ1n) is 9.24. The number of hydrogen-bond acceptors (Lipinski definition) is 4. The topological polar surface area (TPSA) is 59.8 Å². The second kappa shape index (κ2) is 8.19. The van der Waals surface area contributed by atoms with Crippen LogP contribution < -0.4 is 5.32 Å². The predicted molar refractivity (Wildman–Crippen MR) is 97.2 cm³/mol. The Labute approximate surface area is 148 Å². The fourth-order valence-electron chi connectivity index (χ4n) is 3.16. The van der Waals surface area contributed by atoms with Gasteiger partial charge in [0.05, 0.1) is 5.25 Å². The number of nitrogens with one attached hydrogen (secondary N) is 1. The summed E-state index contributed by atoms with van der Waals surface area (Å²) in [5.74, 6) is 1.77. The average molecular weight is 349 g/mol. The van der Waals surface area contributed by atoms with Crippen molar-refractivity contribution in [1.82, 2.24) is 20.1 Å². The Hall–Kier alpha value is -1.30. The molecule has 0 radical (unpaired) electrons. The molecular weight excluding hydrogens is 320 g/mol. The first kappa shape index (κ1) is 17.5. The predicted octanol–water partition coefficient (Wildman–Crippen LogP) is 3.66. The molecule has 24 heavy (non-hydrogen) atoms. The molecular formula is C18H28N4OS. The van der Waals surface area contributed by atoms with Crippen molar-refractivity contribution in [2.75, 3.05) is 6.54 Å². The van der Waals surface area contributed by atoms with E-state index in [0.29, 0.717) is 5.92 Å². The van der Waals surface area contributed by atoms with Crippen molar-refractivity contribution >= 4 is 17.7 Å².